The summed E-state index contributed by atoms with van der Waals surface area (Å²) in [5.74, 6) is 0.844. The number of rotatable bonds is 8. The molecule has 0 radical (unpaired) electrons. The number of nitrogens with one attached hydrogen (secondary N) is 2. The smallest absolute Gasteiger partial charge is 0.213 e. The van der Waals surface area contributed by atoms with Gasteiger partial charge in [0.1, 0.15) is 0 Å². The maximum Gasteiger partial charge on any atom is 0.213 e. The van der Waals surface area contributed by atoms with Gasteiger partial charge in [0.2, 0.25) is 10.0 Å². The molecule has 1 aromatic rings. The Morgan fingerprint density at radius 1 is 1.30 bits per heavy atom. The second kappa shape index (κ2) is 9.52. The summed E-state index contributed by atoms with van der Waals surface area (Å²) in [6, 6.07) is 10.3. The zero-order valence-corrected chi connectivity index (χ0v) is 15.2. The van der Waals surface area contributed by atoms with E-state index in [4.69, 9.17) is 0 Å². The lowest BCUT2D eigenvalue weighted by Gasteiger charge is -2.19. The van der Waals surface area contributed by atoms with Gasteiger partial charge in [0.05, 0.1) is 11.8 Å². The summed E-state index contributed by atoms with van der Waals surface area (Å²) in [6.07, 6.45) is 0.718. The first-order chi connectivity index (χ1) is 10.9. The molecule has 130 valence electrons. The minimum atomic E-state index is -3.10. The second-order valence-corrected chi connectivity index (χ2v) is 7.72. The lowest BCUT2D eigenvalue weighted by Crippen LogP contribution is -2.40. The lowest BCUT2D eigenvalue weighted by molar-refractivity contribution is 0.461. The maximum absolute atomic E-state index is 11.7. The Labute approximate surface area is 140 Å². The van der Waals surface area contributed by atoms with Gasteiger partial charge in [-0.05, 0) is 25.8 Å². The van der Waals surface area contributed by atoms with Crippen molar-refractivity contribution in [3.63, 3.8) is 0 Å². The molecule has 1 rings (SSSR count). The molecule has 0 heterocycles. The van der Waals surface area contributed by atoms with Crippen LogP contribution in [0, 0.1) is 0 Å². The normalized spacial score (nSPS) is 13.9. The van der Waals surface area contributed by atoms with Crippen molar-refractivity contribution < 1.29 is 8.42 Å². The number of nitrogens with zero attached hydrogens (tertiary/aromatic N) is 2. The summed E-state index contributed by atoms with van der Waals surface area (Å²) < 4.78 is 24.7. The molecule has 0 spiro atoms. The molecule has 23 heavy (non-hydrogen) atoms. The number of hydrogen-bond donors (Lipinski definition) is 2. The molecule has 2 N–H and O–H groups in total. The zero-order chi connectivity index (χ0) is 17.3. The Bertz CT molecular complexity index is 587. The van der Waals surface area contributed by atoms with Gasteiger partial charge >= 0.3 is 0 Å². The van der Waals surface area contributed by atoms with E-state index in [9.17, 15) is 8.42 Å². The standard InChI is InChI=1S/C16H28N4O2S/c1-5-23(21,22)20(4)13-9-12-18-16(17-3)19-14(2)15-10-7-6-8-11-15/h6-8,10-11,14H,5,9,12-13H2,1-4H3,(H2,17,18,19). The van der Waals surface area contributed by atoms with Crippen molar-refractivity contribution >= 4 is 16.0 Å². The molecule has 0 fully saturated rings. The van der Waals surface area contributed by atoms with Crippen LogP contribution in [0.1, 0.15) is 31.9 Å². The summed E-state index contributed by atoms with van der Waals surface area (Å²) in [5, 5.41) is 6.53. The van der Waals surface area contributed by atoms with E-state index >= 15 is 0 Å². The summed E-state index contributed by atoms with van der Waals surface area (Å²) in [5.41, 5.74) is 1.18. The maximum atomic E-state index is 11.7. The Balaban J connectivity index is 2.38. The number of aliphatic imine (C=N–C) groups is 1. The number of sulfonamides is 1. The average molecular weight is 340 g/mol. The van der Waals surface area contributed by atoms with Crippen molar-refractivity contribution in [2.75, 3.05) is 32.9 Å². The first kappa shape index (κ1) is 19.4. The molecule has 0 aliphatic carbocycles. The predicted molar refractivity (Wildman–Crippen MR) is 96.1 cm³/mol. The van der Waals surface area contributed by atoms with E-state index in [0.717, 1.165) is 6.42 Å². The van der Waals surface area contributed by atoms with Gasteiger partial charge in [-0.25, -0.2) is 12.7 Å². The molecule has 1 unspecified atom stereocenters. The molecule has 0 aliphatic rings. The quantitative estimate of drug-likeness (QED) is 0.428. The van der Waals surface area contributed by atoms with E-state index in [1.807, 2.05) is 18.2 Å². The van der Waals surface area contributed by atoms with Crippen LogP contribution in [0.15, 0.2) is 35.3 Å². The van der Waals surface area contributed by atoms with E-state index in [0.29, 0.717) is 19.0 Å². The Hall–Kier alpha value is -1.60. The number of benzene rings is 1. The zero-order valence-electron chi connectivity index (χ0n) is 14.4. The highest BCUT2D eigenvalue weighted by Crippen LogP contribution is 2.10. The van der Waals surface area contributed by atoms with Crippen LogP contribution in [0.5, 0.6) is 0 Å². The summed E-state index contributed by atoms with van der Waals surface area (Å²) in [4.78, 5) is 4.20. The molecular weight excluding hydrogens is 312 g/mol. The average Bonchev–Trinajstić information content (AvgIpc) is 2.57. The molecule has 0 amide bonds. The third-order valence-electron chi connectivity index (χ3n) is 3.66. The van der Waals surface area contributed by atoms with Crippen molar-refractivity contribution in [3.8, 4) is 0 Å². The molecule has 7 heteroatoms. The molecule has 6 nitrogen and oxygen atoms in total. The SMILES string of the molecule is CCS(=O)(=O)N(C)CCCNC(=NC)NC(C)c1ccccc1. The van der Waals surface area contributed by atoms with E-state index in [1.54, 1.807) is 21.0 Å². The van der Waals surface area contributed by atoms with Crippen LogP contribution in [0.25, 0.3) is 0 Å². The highest BCUT2D eigenvalue weighted by molar-refractivity contribution is 7.89. The van der Waals surface area contributed by atoms with Crippen LogP contribution in [-0.4, -0.2) is 51.6 Å². The number of guanidine groups is 1. The largest absolute Gasteiger partial charge is 0.356 e. The van der Waals surface area contributed by atoms with Crippen molar-refractivity contribution in [1.82, 2.24) is 14.9 Å². The molecule has 1 atom stereocenters. The highest BCUT2D eigenvalue weighted by Gasteiger charge is 2.14. The van der Waals surface area contributed by atoms with Crippen molar-refractivity contribution in [1.29, 1.82) is 0 Å². The summed E-state index contributed by atoms with van der Waals surface area (Å²) in [6.45, 7) is 4.88. The van der Waals surface area contributed by atoms with Gasteiger partial charge in [-0.3, -0.25) is 4.99 Å². The van der Waals surface area contributed by atoms with E-state index in [1.165, 1.54) is 9.87 Å². The van der Waals surface area contributed by atoms with Gasteiger partial charge in [0.15, 0.2) is 5.96 Å². The minimum absolute atomic E-state index is 0.134. The second-order valence-electron chi connectivity index (χ2n) is 5.35. The van der Waals surface area contributed by atoms with Crippen LogP contribution in [0.3, 0.4) is 0 Å². The lowest BCUT2D eigenvalue weighted by atomic mass is 10.1. The predicted octanol–water partition coefficient (Wildman–Crippen LogP) is 1.58. The van der Waals surface area contributed by atoms with Crippen LogP contribution in [0.2, 0.25) is 0 Å². The molecule has 0 aliphatic heterocycles. The molecule has 1 aromatic carbocycles. The van der Waals surface area contributed by atoms with Crippen molar-refractivity contribution in [3.05, 3.63) is 35.9 Å². The van der Waals surface area contributed by atoms with Gasteiger partial charge in [-0.2, -0.15) is 0 Å². The molecular formula is C16H28N4O2S. The Kier molecular flexibility index (Phi) is 8.05. The van der Waals surface area contributed by atoms with Gasteiger partial charge in [-0.15, -0.1) is 0 Å². The molecule has 0 bridgehead atoms. The first-order valence-corrected chi connectivity index (χ1v) is 9.47. The topological polar surface area (TPSA) is 73.8 Å². The minimum Gasteiger partial charge on any atom is -0.356 e. The molecule has 0 aromatic heterocycles. The monoisotopic (exact) mass is 340 g/mol. The van der Waals surface area contributed by atoms with Crippen molar-refractivity contribution in [2.45, 2.75) is 26.3 Å². The van der Waals surface area contributed by atoms with Gasteiger partial charge < -0.3 is 10.6 Å². The van der Waals surface area contributed by atoms with Crippen LogP contribution < -0.4 is 10.6 Å². The van der Waals surface area contributed by atoms with Crippen molar-refractivity contribution in [2.24, 2.45) is 4.99 Å². The van der Waals surface area contributed by atoms with E-state index in [-0.39, 0.29) is 11.8 Å². The fraction of sp³-hybridized carbons (Fsp3) is 0.562. The van der Waals surface area contributed by atoms with Gasteiger partial charge in [-0.1, -0.05) is 30.3 Å². The third-order valence-corrected chi connectivity index (χ3v) is 5.52. The van der Waals surface area contributed by atoms with Crippen LogP contribution in [0.4, 0.5) is 0 Å². The third kappa shape index (κ3) is 6.58. The summed E-state index contributed by atoms with van der Waals surface area (Å²) in [7, 11) is 0.238. The first-order valence-electron chi connectivity index (χ1n) is 7.86. The van der Waals surface area contributed by atoms with Crippen LogP contribution in [-0.2, 0) is 10.0 Å². The van der Waals surface area contributed by atoms with Gasteiger partial charge in [0.25, 0.3) is 0 Å². The fourth-order valence-electron chi connectivity index (χ4n) is 2.09. The van der Waals surface area contributed by atoms with Gasteiger partial charge in [0, 0.05) is 27.2 Å². The Morgan fingerprint density at radius 3 is 2.52 bits per heavy atom. The highest BCUT2D eigenvalue weighted by atomic mass is 32.2. The van der Waals surface area contributed by atoms with E-state index in [2.05, 4.69) is 34.7 Å². The summed E-state index contributed by atoms with van der Waals surface area (Å²) >= 11 is 0. The molecule has 0 saturated carbocycles. The number of hydrogen-bond acceptors (Lipinski definition) is 3. The molecule has 0 saturated heterocycles. The fourth-order valence-corrected chi connectivity index (χ4v) is 2.94. The Morgan fingerprint density at radius 2 is 1.96 bits per heavy atom. The van der Waals surface area contributed by atoms with Crippen LogP contribution >= 0.6 is 0 Å². The van der Waals surface area contributed by atoms with E-state index < -0.39 is 10.0 Å².